The number of aliphatic hydroxyl groups excluding tert-OH is 1. The number of alkyl halides is 6. The third kappa shape index (κ3) is 6.38. The first-order chi connectivity index (χ1) is 16.3. The monoisotopic (exact) mass is 509 g/mol. The molecule has 1 atom stereocenters. The van der Waals surface area contributed by atoms with Crippen LogP contribution in [0.15, 0.2) is 60.7 Å². The second-order valence-electron chi connectivity index (χ2n) is 7.36. The van der Waals surface area contributed by atoms with E-state index in [9.17, 15) is 44.6 Å². The molecule has 12 heteroatoms. The Morgan fingerprint density at radius 1 is 0.800 bits per heavy atom. The van der Waals surface area contributed by atoms with E-state index < -0.39 is 60.1 Å². The normalized spacial score (nSPS) is 13.0. The van der Waals surface area contributed by atoms with Crippen molar-refractivity contribution < 1.29 is 49.4 Å². The maximum Gasteiger partial charge on any atom is 0.419 e. The number of ether oxygens (including phenoxy) is 1. The zero-order valence-electron chi connectivity index (χ0n) is 17.5. The van der Waals surface area contributed by atoms with Crippen LogP contribution in [0.25, 0.3) is 0 Å². The molecule has 0 spiro atoms. The number of benzene rings is 3. The number of hydrogen-bond acceptors (Lipinski definition) is 3. The zero-order valence-corrected chi connectivity index (χ0v) is 17.5. The second kappa shape index (κ2) is 10.1. The highest BCUT2D eigenvalue weighted by atomic mass is 19.4. The molecule has 0 aromatic heterocycles. The average Bonchev–Trinajstić information content (AvgIpc) is 2.77. The van der Waals surface area contributed by atoms with E-state index >= 15 is 0 Å². The molecule has 0 aliphatic rings. The van der Waals surface area contributed by atoms with Crippen LogP contribution < -0.4 is 9.64 Å². The Morgan fingerprint density at radius 3 is 2.03 bits per heavy atom. The van der Waals surface area contributed by atoms with E-state index in [1.807, 2.05) is 0 Å². The smallest absolute Gasteiger partial charge is 0.419 e. The van der Waals surface area contributed by atoms with Crippen LogP contribution in [0.4, 0.5) is 45.2 Å². The standard InChI is InChI=1S/C23H16F9NO2/c24-18-10-17(22(27,28)29)20(25)16(21(18)26)11-33(12-19(34)23(30,31)32)13-5-4-8-15(9-13)35-14-6-2-1-3-7-14/h1-10,19,34H,11-12H2. The fourth-order valence-electron chi connectivity index (χ4n) is 3.13. The summed E-state index contributed by atoms with van der Waals surface area (Å²) in [5.41, 5.74) is -3.77. The highest BCUT2D eigenvalue weighted by Gasteiger charge is 2.41. The summed E-state index contributed by atoms with van der Waals surface area (Å²) >= 11 is 0. The first-order valence-electron chi connectivity index (χ1n) is 9.83. The number of halogens is 9. The molecular weight excluding hydrogens is 493 g/mol. The zero-order chi connectivity index (χ0) is 26.0. The van der Waals surface area contributed by atoms with Gasteiger partial charge in [-0.05, 0) is 30.3 Å². The lowest BCUT2D eigenvalue weighted by Crippen LogP contribution is -2.41. The number of rotatable bonds is 7. The summed E-state index contributed by atoms with van der Waals surface area (Å²) in [6.07, 6.45) is -13.6. The minimum atomic E-state index is -5.40. The van der Waals surface area contributed by atoms with Gasteiger partial charge in [-0.2, -0.15) is 26.3 Å². The number of anilines is 1. The van der Waals surface area contributed by atoms with Gasteiger partial charge in [0.15, 0.2) is 17.7 Å². The van der Waals surface area contributed by atoms with Gasteiger partial charge in [-0.3, -0.25) is 0 Å². The van der Waals surface area contributed by atoms with Crippen molar-refractivity contribution >= 4 is 5.69 Å². The van der Waals surface area contributed by atoms with Gasteiger partial charge in [0.2, 0.25) is 0 Å². The number of hydrogen-bond donors (Lipinski definition) is 1. The molecule has 0 aliphatic carbocycles. The maximum absolute atomic E-state index is 14.6. The van der Waals surface area contributed by atoms with Gasteiger partial charge in [0.1, 0.15) is 17.3 Å². The lowest BCUT2D eigenvalue weighted by molar-refractivity contribution is -0.200. The lowest BCUT2D eigenvalue weighted by Gasteiger charge is -2.29. The Bertz CT molecular complexity index is 1160. The van der Waals surface area contributed by atoms with Crippen LogP contribution in [0.2, 0.25) is 0 Å². The van der Waals surface area contributed by atoms with Crippen molar-refractivity contribution in [2.24, 2.45) is 0 Å². The van der Waals surface area contributed by atoms with E-state index in [-0.39, 0.29) is 17.5 Å². The summed E-state index contributed by atoms with van der Waals surface area (Å²) < 4.78 is 127. The van der Waals surface area contributed by atoms with E-state index in [4.69, 9.17) is 4.74 Å². The summed E-state index contributed by atoms with van der Waals surface area (Å²) in [6, 6.07) is 12.8. The van der Waals surface area contributed by atoms with Crippen molar-refractivity contribution in [3.05, 3.63) is 89.2 Å². The van der Waals surface area contributed by atoms with Crippen molar-refractivity contribution in [1.82, 2.24) is 0 Å². The molecule has 35 heavy (non-hydrogen) atoms. The number of para-hydroxylation sites is 1. The van der Waals surface area contributed by atoms with Crippen LogP contribution in [-0.2, 0) is 12.7 Å². The van der Waals surface area contributed by atoms with Crippen LogP contribution in [0.3, 0.4) is 0 Å². The first kappa shape index (κ1) is 26.2. The predicted octanol–water partition coefficient (Wildman–Crippen LogP) is 6.84. The summed E-state index contributed by atoms with van der Waals surface area (Å²) in [6.45, 7) is -2.59. The van der Waals surface area contributed by atoms with E-state index in [1.54, 1.807) is 30.3 Å². The molecule has 188 valence electrons. The first-order valence-corrected chi connectivity index (χ1v) is 9.83. The van der Waals surface area contributed by atoms with Crippen molar-refractivity contribution in [3.63, 3.8) is 0 Å². The van der Waals surface area contributed by atoms with Crippen LogP contribution in [0.1, 0.15) is 11.1 Å². The van der Waals surface area contributed by atoms with E-state index in [0.717, 1.165) is 6.07 Å². The third-order valence-electron chi connectivity index (χ3n) is 4.83. The molecule has 1 unspecified atom stereocenters. The predicted molar refractivity (Wildman–Crippen MR) is 107 cm³/mol. The highest BCUT2D eigenvalue weighted by molar-refractivity contribution is 5.52. The molecule has 0 saturated heterocycles. The van der Waals surface area contributed by atoms with Gasteiger partial charge >= 0.3 is 12.4 Å². The van der Waals surface area contributed by atoms with E-state index in [1.165, 1.54) is 18.2 Å². The van der Waals surface area contributed by atoms with Gasteiger partial charge < -0.3 is 14.7 Å². The molecule has 3 nitrogen and oxygen atoms in total. The molecule has 0 aliphatic heterocycles. The summed E-state index contributed by atoms with van der Waals surface area (Å²) in [4.78, 5) is 0.567. The second-order valence-corrected chi connectivity index (χ2v) is 7.36. The van der Waals surface area contributed by atoms with Crippen molar-refractivity contribution in [1.29, 1.82) is 0 Å². The summed E-state index contributed by atoms with van der Waals surface area (Å²) in [5.74, 6) is -5.82. The van der Waals surface area contributed by atoms with Crippen LogP contribution >= 0.6 is 0 Å². The Morgan fingerprint density at radius 2 is 1.43 bits per heavy atom. The molecule has 0 fully saturated rings. The molecule has 0 radical (unpaired) electrons. The molecule has 3 rings (SSSR count). The molecule has 0 heterocycles. The fourth-order valence-corrected chi connectivity index (χ4v) is 3.13. The average molecular weight is 509 g/mol. The van der Waals surface area contributed by atoms with Crippen molar-refractivity contribution in [2.75, 3.05) is 11.4 Å². The van der Waals surface area contributed by atoms with Crippen LogP contribution in [-0.4, -0.2) is 23.9 Å². The van der Waals surface area contributed by atoms with Gasteiger partial charge in [-0.25, -0.2) is 13.2 Å². The minimum Gasteiger partial charge on any atom is -0.457 e. The molecular formula is C23H16F9NO2. The third-order valence-corrected chi connectivity index (χ3v) is 4.83. The molecule has 1 N–H and O–H groups in total. The highest BCUT2D eigenvalue weighted by Crippen LogP contribution is 2.36. The minimum absolute atomic E-state index is 0.0661. The SMILES string of the molecule is OC(CN(Cc1c(F)c(F)cc(C(F)(F)F)c1F)c1cccc(Oc2ccccc2)c1)C(F)(F)F. The van der Waals surface area contributed by atoms with Gasteiger partial charge in [0.25, 0.3) is 0 Å². The fraction of sp³-hybridized carbons (Fsp3) is 0.217. The van der Waals surface area contributed by atoms with E-state index in [0.29, 0.717) is 10.6 Å². The van der Waals surface area contributed by atoms with Gasteiger partial charge in [0.05, 0.1) is 12.1 Å². The Kier molecular flexibility index (Phi) is 7.53. The largest absolute Gasteiger partial charge is 0.457 e. The Balaban J connectivity index is 2.04. The Hall–Kier alpha value is -3.41. The quantitative estimate of drug-likeness (QED) is 0.280. The van der Waals surface area contributed by atoms with E-state index in [2.05, 4.69) is 0 Å². The van der Waals surface area contributed by atoms with Crippen LogP contribution in [0.5, 0.6) is 11.5 Å². The van der Waals surface area contributed by atoms with Crippen LogP contribution in [0, 0.1) is 17.5 Å². The molecule has 0 bridgehead atoms. The van der Waals surface area contributed by atoms with Gasteiger partial charge in [0, 0.05) is 23.9 Å². The number of nitrogens with zero attached hydrogens (tertiary/aromatic N) is 1. The molecule has 3 aromatic rings. The molecule has 0 amide bonds. The lowest BCUT2D eigenvalue weighted by atomic mass is 10.1. The molecule has 0 saturated carbocycles. The molecule has 3 aromatic carbocycles. The topological polar surface area (TPSA) is 32.7 Å². The summed E-state index contributed by atoms with van der Waals surface area (Å²) in [5, 5.41) is 9.54. The van der Waals surface area contributed by atoms with Crippen molar-refractivity contribution in [2.45, 2.75) is 25.0 Å². The maximum atomic E-state index is 14.6. The number of aliphatic hydroxyl groups is 1. The summed E-state index contributed by atoms with van der Waals surface area (Å²) in [7, 11) is 0. The van der Waals surface area contributed by atoms with Gasteiger partial charge in [-0.1, -0.05) is 24.3 Å². The van der Waals surface area contributed by atoms with Gasteiger partial charge in [-0.15, -0.1) is 0 Å². The Labute approximate surface area is 193 Å². The van der Waals surface area contributed by atoms with Crippen molar-refractivity contribution in [3.8, 4) is 11.5 Å².